The van der Waals surface area contributed by atoms with E-state index in [4.69, 9.17) is 4.74 Å². The van der Waals surface area contributed by atoms with Crippen LogP contribution in [0.25, 0.3) is 0 Å². The van der Waals surface area contributed by atoms with Crippen molar-refractivity contribution in [1.82, 2.24) is 19.8 Å². The molecule has 0 saturated carbocycles. The number of nitrogens with zero attached hydrogens (tertiary/aromatic N) is 3. The SMILES string of the molecule is COc1csc(C(=O)N2CCNCC2c2nccn2C)c1.Cl. The van der Waals surface area contributed by atoms with Crippen LogP contribution in [0.2, 0.25) is 0 Å². The van der Waals surface area contributed by atoms with Crippen molar-refractivity contribution in [2.75, 3.05) is 26.7 Å². The first kappa shape index (κ1) is 16.8. The maximum atomic E-state index is 12.8. The molecule has 2 aromatic heterocycles. The summed E-state index contributed by atoms with van der Waals surface area (Å²) in [6.07, 6.45) is 3.67. The fourth-order valence-electron chi connectivity index (χ4n) is 2.56. The molecule has 8 heteroatoms. The van der Waals surface area contributed by atoms with Gasteiger partial charge in [-0.2, -0.15) is 0 Å². The molecular formula is C14H19ClN4O2S. The highest BCUT2D eigenvalue weighted by molar-refractivity contribution is 7.12. The van der Waals surface area contributed by atoms with Crippen molar-refractivity contribution in [3.8, 4) is 5.75 Å². The van der Waals surface area contributed by atoms with Crippen LogP contribution in [-0.2, 0) is 7.05 Å². The van der Waals surface area contributed by atoms with Crippen LogP contribution in [0.5, 0.6) is 5.75 Å². The fraction of sp³-hybridized carbons (Fsp3) is 0.429. The van der Waals surface area contributed by atoms with Gasteiger partial charge in [-0.25, -0.2) is 4.98 Å². The lowest BCUT2D eigenvalue weighted by Gasteiger charge is -2.35. The van der Waals surface area contributed by atoms with Gasteiger partial charge in [0.25, 0.3) is 5.91 Å². The van der Waals surface area contributed by atoms with Crippen LogP contribution in [0.1, 0.15) is 21.5 Å². The predicted molar refractivity (Wildman–Crippen MR) is 88.0 cm³/mol. The molecule has 1 aliphatic rings. The first-order valence-electron chi connectivity index (χ1n) is 6.82. The van der Waals surface area contributed by atoms with Gasteiger partial charge in [0.2, 0.25) is 0 Å². The number of methoxy groups -OCH3 is 1. The Bertz CT molecular complexity index is 642. The van der Waals surface area contributed by atoms with Gasteiger partial charge >= 0.3 is 0 Å². The summed E-state index contributed by atoms with van der Waals surface area (Å²) < 4.78 is 7.13. The lowest BCUT2D eigenvalue weighted by Crippen LogP contribution is -2.49. The Morgan fingerprint density at radius 1 is 1.55 bits per heavy atom. The summed E-state index contributed by atoms with van der Waals surface area (Å²) in [7, 11) is 3.56. The topological polar surface area (TPSA) is 59.4 Å². The Morgan fingerprint density at radius 3 is 3.00 bits per heavy atom. The molecule has 1 fully saturated rings. The summed E-state index contributed by atoms with van der Waals surface area (Å²) in [6.45, 7) is 2.20. The summed E-state index contributed by atoms with van der Waals surface area (Å²) in [5.74, 6) is 1.67. The number of hydrogen-bond acceptors (Lipinski definition) is 5. The van der Waals surface area contributed by atoms with Gasteiger partial charge in [-0.1, -0.05) is 0 Å². The number of rotatable bonds is 3. The van der Waals surface area contributed by atoms with E-state index < -0.39 is 0 Å². The third-order valence-corrected chi connectivity index (χ3v) is 4.58. The molecular weight excluding hydrogens is 324 g/mol. The first-order valence-corrected chi connectivity index (χ1v) is 7.70. The largest absolute Gasteiger partial charge is 0.496 e. The smallest absolute Gasteiger partial charge is 0.264 e. The normalized spacial score (nSPS) is 17.9. The molecule has 0 aromatic carbocycles. The molecule has 1 aliphatic heterocycles. The molecule has 1 atom stereocenters. The predicted octanol–water partition coefficient (Wildman–Crippen LogP) is 1.70. The Kier molecular flexibility index (Phi) is 5.44. The number of aromatic nitrogens is 2. The quantitative estimate of drug-likeness (QED) is 0.922. The maximum absolute atomic E-state index is 12.8. The Hall–Kier alpha value is -1.57. The van der Waals surface area contributed by atoms with Crippen molar-refractivity contribution >= 4 is 29.7 Å². The average molecular weight is 343 g/mol. The minimum Gasteiger partial charge on any atom is -0.496 e. The van der Waals surface area contributed by atoms with E-state index in [1.54, 1.807) is 19.4 Å². The number of nitrogens with one attached hydrogen (secondary N) is 1. The highest BCUT2D eigenvalue weighted by atomic mass is 35.5. The van der Waals surface area contributed by atoms with Crippen molar-refractivity contribution in [3.05, 3.63) is 34.5 Å². The fourth-order valence-corrected chi connectivity index (χ4v) is 3.37. The third-order valence-electron chi connectivity index (χ3n) is 3.68. The standard InChI is InChI=1S/C14H18N4O2S.ClH/c1-17-5-4-16-13(17)11-8-15-3-6-18(11)14(19)12-7-10(20-2)9-21-12;/h4-5,7,9,11,15H,3,6,8H2,1-2H3;1H. The van der Waals surface area contributed by atoms with E-state index in [2.05, 4.69) is 10.3 Å². The zero-order chi connectivity index (χ0) is 14.8. The number of halogens is 1. The number of hydrogen-bond donors (Lipinski definition) is 1. The van der Waals surface area contributed by atoms with E-state index in [0.717, 1.165) is 24.7 Å². The molecule has 120 valence electrons. The summed E-state index contributed by atoms with van der Waals surface area (Å²) in [5.41, 5.74) is 0. The molecule has 3 heterocycles. The molecule has 1 amide bonds. The van der Waals surface area contributed by atoms with Crippen molar-refractivity contribution in [2.24, 2.45) is 7.05 Å². The number of carbonyl (C=O) groups excluding carboxylic acids is 1. The molecule has 6 nitrogen and oxygen atoms in total. The second-order valence-electron chi connectivity index (χ2n) is 4.97. The number of ether oxygens (including phenoxy) is 1. The number of thiophene rings is 1. The van der Waals surface area contributed by atoms with E-state index in [-0.39, 0.29) is 24.4 Å². The van der Waals surface area contributed by atoms with Gasteiger partial charge in [0.05, 0.1) is 12.0 Å². The molecule has 0 radical (unpaired) electrons. The minimum absolute atomic E-state index is 0. The number of carbonyl (C=O) groups is 1. The third kappa shape index (κ3) is 3.11. The van der Waals surface area contributed by atoms with Crippen LogP contribution >= 0.6 is 23.7 Å². The lowest BCUT2D eigenvalue weighted by molar-refractivity contribution is 0.0625. The highest BCUT2D eigenvalue weighted by Gasteiger charge is 2.31. The van der Waals surface area contributed by atoms with Gasteiger partial charge < -0.3 is 19.5 Å². The summed E-state index contributed by atoms with van der Waals surface area (Å²) in [5, 5.41) is 5.19. The minimum atomic E-state index is -0.0423. The zero-order valence-corrected chi connectivity index (χ0v) is 14.1. The number of piperazine rings is 1. The van der Waals surface area contributed by atoms with Crippen LogP contribution in [0.4, 0.5) is 0 Å². The van der Waals surface area contributed by atoms with E-state index in [0.29, 0.717) is 11.4 Å². The zero-order valence-electron chi connectivity index (χ0n) is 12.5. The van der Waals surface area contributed by atoms with Gasteiger partial charge in [0.1, 0.15) is 17.6 Å². The van der Waals surface area contributed by atoms with Crippen molar-refractivity contribution in [2.45, 2.75) is 6.04 Å². The van der Waals surface area contributed by atoms with Gasteiger partial charge in [0.15, 0.2) is 0 Å². The first-order chi connectivity index (χ1) is 10.2. The summed E-state index contributed by atoms with van der Waals surface area (Å²) in [4.78, 5) is 19.8. The average Bonchev–Trinajstić information content (AvgIpc) is 3.15. The molecule has 1 unspecified atom stereocenters. The van der Waals surface area contributed by atoms with Crippen molar-refractivity contribution in [1.29, 1.82) is 0 Å². The van der Waals surface area contributed by atoms with E-state index in [1.165, 1.54) is 11.3 Å². The van der Waals surface area contributed by atoms with Crippen molar-refractivity contribution < 1.29 is 9.53 Å². The Labute approximate surface area is 139 Å². The summed E-state index contributed by atoms with van der Waals surface area (Å²) >= 11 is 1.42. The molecule has 1 saturated heterocycles. The lowest BCUT2D eigenvalue weighted by atomic mass is 10.1. The molecule has 0 bridgehead atoms. The van der Waals surface area contributed by atoms with Crippen LogP contribution in [0.15, 0.2) is 23.8 Å². The Balaban J connectivity index is 0.00000176. The molecule has 2 aromatic rings. The van der Waals surface area contributed by atoms with Crippen LogP contribution in [-0.4, -0.2) is 47.1 Å². The monoisotopic (exact) mass is 342 g/mol. The number of aryl methyl sites for hydroxylation is 1. The molecule has 3 rings (SSSR count). The van der Waals surface area contributed by atoms with Crippen molar-refractivity contribution in [3.63, 3.8) is 0 Å². The van der Waals surface area contributed by atoms with E-state index in [1.807, 2.05) is 28.1 Å². The number of amides is 1. The van der Waals surface area contributed by atoms with E-state index in [9.17, 15) is 4.79 Å². The summed E-state index contributed by atoms with van der Waals surface area (Å²) in [6, 6.07) is 1.75. The molecule has 22 heavy (non-hydrogen) atoms. The highest BCUT2D eigenvalue weighted by Crippen LogP contribution is 2.27. The maximum Gasteiger partial charge on any atom is 0.264 e. The molecule has 0 aliphatic carbocycles. The van der Waals surface area contributed by atoms with Gasteiger partial charge in [0, 0.05) is 50.5 Å². The molecule has 0 spiro atoms. The van der Waals surface area contributed by atoms with Crippen LogP contribution in [0.3, 0.4) is 0 Å². The Morgan fingerprint density at radius 2 is 2.36 bits per heavy atom. The van der Waals surface area contributed by atoms with Gasteiger partial charge in [-0.15, -0.1) is 23.7 Å². The van der Waals surface area contributed by atoms with Crippen LogP contribution in [0, 0.1) is 0 Å². The second kappa shape index (κ2) is 7.13. The van der Waals surface area contributed by atoms with Crippen LogP contribution < -0.4 is 10.1 Å². The van der Waals surface area contributed by atoms with Gasteiger partial charge in [-0.3, -0.25) is 4.79 Å². The second-order valence-corrected chi connectivity index (χ2v) is 5.88. The van der Waals surface area contributed by atoms with Gasteiger partial charge in [-0.05, 0) is 0 Å². The van der Waals surface area contributed by atoms with E-state index >= 15 is 0 Å². The molecule has 1 N–H and O–H groups in total. The number of imidazole rings is 1.